The van der Waals surface area contributed by atoms with E-state index in [1.54, 1.807) is 0 Å². The second-order valence-corrected chi connectivity index (χ2v) is 4.86. The van der Waals surface area contributed by atoms with E-state index in [2.05, 4.69) is 79.7 Å². The zero-order chi connectivity index (χ0) is 13.1. The van der Waals surface area contributed by atoms with Crippen LogP contribution < -0.4 is 0 Å². The quantitative estimate of drug-likeness (QED) is 0.595. The van der Waals surface area contributed by atoms with Crippen LogP contribution in [0.1, 0.15) is 23.5 Å². The second kappa shape index (κ2) is 5.27. The van der Waals surface area contributed by atoms with Crippen molar-refractivity contribution in [2.45, 2.75) is 12.3 Å². The van der Waals surface area contributed by atoms with Gasteiger partial charge in [-0.1, -0.05) is 79.7 Å². The molecule has 1 atom stereocenters. The highest BCUT2D eigenvalue weighted by Gasteiger charge is 2.11. The Balaban J connectivity index is 2.06. The van der Waals surface area contributed by atoms with E-state index in [4.69, 9.17) is 0 Å². The maximum atomic E-state index is 4.12. The zero-order valence-electron chi connectivity index (χ0n) is 10.9. The van der Waals surface area contributed by atoms with Crippen molar-refractivity contribution < 1.29 is 0 Å². The highest BCUT2D eigenvalue weighted by atomic mass is 14.2. The number of rotatable bonds is 3. The Morgan fingerprint density at radius 3 is 2.11 bits per heavy atom. The number of hydrogen-bond acceptors (Lipinski definition) is 0. The molecule has 19 heavy (non-hydrogen) atoms. The molecule has 0 nitrogen and oxygen atoms in total. The van der Waals surface area contributed by atoms with Crippen LogP contribution >= 0.6 is 0 Å². The van der Waals surface area contributed by atoms with E-state index in [0.717, 1.165) is 6.42 Å². The maximum Gasteiger partial charge on any atom is 0.00895 e. The third-order valence-corrected chi connectivity index (χ3v) is 3.67. The molecule has 0 spiro atoms. The molecule has 0 heterocycles. The molecule has 93 valence electrons. The Labute approximate surface area is 114 Å². The van der Waals surface area contributed by atoms with Crippen LogP contribution in [-0.2, 0) is 0 Å². The van der Waals surface area contributed by atoms with E-state index >= 15 is 0 Å². The minimum Gasteiger partial charge on any atom is -0.0622 e. The smallest absolute Gasteiger partial charge is 0.00895 e. The van der Waals surface area contributed by atoms with E-state index in [-0.39, 0.29) is 0 Å². The van der Waals surface area contributed by atoms with Gasteiger partial charge in [-0.25, -0.2) is 0 Å². The zero-order valence-corrected chi connectivity index (χ0v) is 10.9. The van der Waals surface area contributed by atoms with Gasteiger partial charge in [-0.3, -0.25) is 0 Å². The van der Waals surface area contributed by atoms with Gasteiger partial charge in [0.05, 0.1) is 0 Å². The van der Waals surface area contributed by atoms with Gasteiger partial charge in [0.25, 0.3) is 0 Å². The lowest BCUT2D eigenvalue weighted by atomic mass is 9.88. The van der Waals surface area contributed by atoms with Gasteiger partial charge in [0.2, 0.25) is 0 Å². The minimum absolute atomic E-state index is 0.380. The summed E-state index contributed by atoms with van der Waals surface area (Å²) in [6.45, 7) is 4.12. The van der Waals surface area contributed by atoms with Crippen molar-refractivity contribution in [2.75, 3.05) is 0 Å². The van der Waals surface area contributed by atoms with Crippen LogP contribution in [0.4, 0.5) is 0 Å². The number of fused-ring (bicyclic) bond motifs is 1. The van der Waals surface area contributed by atoms with Gasteiger partial charge in [0.1, 0.15) is 0 Å². The SMILES string of the molecule is [CH2]CC(c1ccccc1)c1ccc2ccccc2c1. The topological polar surface area (TPSA) is 0 Å². The highest BCUT2D eigenvalue weighted by molar-refractivity contribution is 5.83. The third kappa shape index (κ3) is 2.39. The average molecular weight is 245 g/mol. The van der Waals surface area contributed by atoms with Gasteiger partial charge in [-0.2, -0.15) is 0 Å². The second-order valence-electron chi connectivity index (χ2n) is 4.86. The van der Waals surface area contributed by atoms with Crippen molar-refractivity contribution in [1.29, 1.82) is 0 Å². The molecule has 0 N–H and O–H groups in total. The fraction of sp³-hybridized carbons (Fsp3) is 0.105. The van der Waals surface area contributed by atoms with Gasteiger partial charge in [0.15, 0.2) is 0 Å². The molecular weight excluding hydrogens is 228 g/mol. The lowest BCUT2D eigenvalue weighted by Crippen LogP contribution is -1.99. The molecule has 0 heteroatoms. The molecule has 0 aliphatic heterocycles. The van der Waals surface area contributed by atoms with Gasteiger partial charge in [0, 0.05) is 5.92 Å². The molecule has 0 saturated heterocycles. The fourth-order valence-corrected chi connectivity index (χ4v) is 2.64. The average Bonchev–Trinajstić information content (AvgIpc) is 2.49. The van der Waals surface area contributed by atoms with E-state index < -0.39 is 0 Å². The molecule has 0 aliphatic rings. The summed E-state index contributed by atoms with van der Waals surface area (Å²) < 4.78 is 0. The first-order valence-electron chi connectivity index (χ1n) is 6.71. The summed E-state index contributed by atoms with van der Waals surface area (Å²) in [7, 11) is 0. The summed E-state index contributed by atoms with van der Waals surface area (Å²) in [5.74, 6) is 0.380. The molecule has 1 unspecified atom stereocenters. The van der Waals surface area contributed by atoms with Crippen molar-refractivity contribution in [3.63, 3.8) is 0 Å². The Kier molecular flexibility index (Phi) is 3.33. The molecule has 0 amide bonds. The number of hydrogen-bond donors (Lipinski definition) is 0. The first kappa shape index (κ1) is 12.0. The van der Waals surface area contributed by atoms with Crippen LogP contribution in [-0.4, -0.2) is 0 Å². The summed E-state index contributed by atoms with van der Waals surface area (Å²) >= 11 is 0. The monoisotopic (exact) mass is 245 g/mol. The molecular formula is C19H17. The van der Waals surface area contributed by atoms with E-state index in [9.17, 15) is 0 Å². The molecule has 0 fully saturated rings. The van der Waals surface area contributed by atoms with Gasteiger partial charge >= 0.3 is 0 Å². The van der Waals surface area contributed by atoms with Crippen molar-refractivity contribution >= 4 is 10.8 Å². The maximum absolute atomic E-state index is 4.12. The third-order valence-electron chi connectivity index (χ3n) is 3.67. The van der Waals surface area contributed by atoms with E-state index in [0.29, 0.717) is 5.92 Å². The van der Waals surface area contributed by atoms with E-state index in [1.807, 2.05) is 0 Å². The van der Waals surface area contributed by atoms with Gasteiger partial charge in [-0.05, 0) is 28.3 Å². The summed E-state index contributed by atoms with van der Waals surface area (Å²) in [6, 6.07) is 25.8. The van der Waals surface area contributed by atoms with Crippen LogP contribution in [0.2, 0.25) is 0 Å². The standard InChI is InChI=1S/C19H17/c1-2-19(16-9-4-3-5-10-16)18-13-12-15-8-6-7-11-17(15)14-18/h3-14,19H,1-2H2. The molecule has 0 bridgehead atoms. The van der Waals surface area contributed by atoms with Crippen LogP contribution in [0.25, 0.3) is 10.8 Å². The molecule has 3 aromatic carbocycles. The van der Waals surface area contributed by atoms with Crippen LogP contribution in [0.15, 0.2) is 72.8 Å². The van der Waals surface area contributed by atoms with Crippen molar-refractivity contribution in [1.82, 2.24) is 0 Å². The van der Waals surface area contributed by atoms with Gasteiger partial charge < -0.3 is 0 Å². The van der Waals surface area contributed by atoms with E-state index in [1.165, 1.54) is 21.9 Å². The Morgan fingerprint density at radius 1 is 0.684 bits per heavy atom. The Bertz CT molecular complexity index is 668. The predicted octanol–water partition coefficient (Wildman–Crippen LogP) is 5.20. The largest absolute Gasteiger partial charge is 0.0622 e. The molecule has 0 saturated carbocycles. The summed E-state index contributed by atoms with van der Waals surface area (Å²) in [4.78, 5) is 0. The van der Waals surface area contributed by atoms with Crippen LogP contribution in [0.5, 0.6) is 0 Å². The fourth-order valence-electron chi connectivity index (χ4n) is 2.64. The predicted molar refractivity (Wildman–Crippen MR) is 82.2 cm³/mol. The van der Waals surface area contributed by atoms with Crippen LogP contribution in [0.3, 0.4) is 0 Å². The van der Waals surface area contributed by atoms with Crippen molar-refractivity contribution in [2.24, 2.45) is 0 Å². The molecule has 0 aromatic heterocycles. The minimum atomic E-state index is 0.380. The number of benzene rings is 3. The highest BCUT2D eigenvalue weighted by Crippen LogP contribution is 2.29. The van der Waals surface area contributed by atoms with Crippen LogP contribution in [0, 0.1) is 6.92 Å². The lowest BCUT2D eigenvalue weighted by Gasteiger charge is -2.16. The summed E-state index contributed by atoms with van der Waals surface area (Å²) in [5.41, 5.74) is 2.69. The van der Waals surface area contributed by atoms with Crippen molar-refractivity contribution in [3.05, 3.63) is 90.8 Å². The summed E-state index contributed by atoms with van der Waals surface area (Å²) in [5, 5.41) is 2.59. The normalized spacial score (nSPS) is 12.5. The summed E-state index contributed by atoms with van der Waals surface area (Å²) in [6.07, 6.45) is 0.877. The van der Waals surface area contributed by atoms with Crippen molar-refractivity contribution in [3.8, 4) is 0 Å². The van der Waals surface area contributed by atoms with Gasteiger partial charge in [-0.15, -0.1) is 0 Å². The molecule has 1 radical (unpaired) electrons. The lowest BCUT2D eigenvalue weighted by molar-refractivity contribution is 0.829. The first-order valence-corrected chi connectivity index (χ1v) is 6.71. The molecule has 3 aromatic rings. The Morgan fingerprint density at radius 2 is 1.37 bits per heavy atom. The molecule has 3 rings (SSSR count). The molecule has 0 aliphatic carbocycles. The Hall–Kier alpha value is -2.08. The first-order chi connectivity index (χ1) is 9.38.